The highest BCUT2D eigenvalue weighted by Gasteiger charge is 2.10. The number of thioether (sulfide) groups is 1. The first-order chi connectivity index (χ1) is 12.5. The molecule has 0 aromatic heterocycles. The van der Waals surface area contributed by atoms with Crippen LogP contribution in [0.3, 0.4) is 0 Å². The van der Waals surface area contributed by atoms with Gasteiger partial charge < -0.3 is 10.1 Å². The molecule has 0 aliphatic heterocycles. The molecule has 138 valence electrons. The number of carbonyl (C=O) groups is 2. The van der Waals surface area contributed by atoms with Gasteiger partial charge in [0.1, 0.15) is 5.82 Å². The van der Waals surface area contributed by atoms with Crippen LogP contribution in [0.2, 0.25) is 0 Å². The Morgan fingerprint density at radius 1 is 1.15 bits per heavy atom. The van der Waals surface area contributed by atoms with Gasteiger partial charge in [0.05, 0.1) is 5.75 Å². The molecule has 0 saturated heterocycles. The highest BCUT2D eigenvalue weighted by Crippen LogP contribution is 2.21. The highest BCUT2D eigenvalue weighted by atomic mass is 32.2. The molecule has 0 radical (unpaired) electrons. The van der Waals surface area contributed by atoms with Crippen molar-refractivity contribution in [2.24, 2.45) is 0 Å². The highest BCUT2D eigenvalue weighted by molar-refractivity contribution is 8.00. The average Bonchev–Trinajstić information content (AvgIpc) is 2.65. The number of rotatable bonds is 8. The maximum atomic E-state index is 13.5. The summed E-state index contributed by atoms with van der Waals surface area (Å²) in [7, 11) is 0. The Hall–Kier alpha value is -2.34. The van der Waals surface area contributed by atoms with Crippen LogP contribution in [-0.2, 0) is 14.3 Å². The molecule has 2 aromatic rings. The predicted molar refractivity (Wildman–Crippen MR) is 102 cm³/mol. The van der Waals surface area contributed by atoms with Gasteiger partial charge in [-0.25, -0.2) is 4.39 Å². The Balaban J connectivity index is 1.74. The van der Waals surface area contributed by atoms with Crippen molar-refractivity contribution >= 4 is 29.3 Å². The Kier molecular flexibility index (Phi) is 7.66. The van der Waals surface area contributed by atoms with E-state index in [0.29, 0.717) is 16.5 Å². The number of esters is 1. The minimum atomic E-state index is -0.569. The molecule has 1 N–H and O–H groups in total. The number of hydrogen-bond donors (Lipinski definition) is 1. The first-order valence-corrected chi connectivity index (χ1v) is 9.41. The molecule has 0 saturated carbocycles. The van der Waals surface area contributed by atoms with Crippen LogP contribution in [0, 0.1) is 5.82 Å². The molecule has 0 bridgehead atoms. The zero-order chi connectivity index (χ0) is 18.9. The summed E-state index contributed by atoms with van der Waals surface area (Å²) in [6.45, 7) is 3.90. The summed E-state index contributed by atoms with van der Waals surface area (Å²) in [5.41, 5.74) is 1.86. The topological polar surface area (TPSA) is 55.4 Å². The molecule has 6 heteroatoms. The molecule has 26 heavy (non-hydrogen) atoms. The molecule has 0 heterocycles. The lowest BCUT2D eigenvalue weighted by atomic mass is 9.99. The summed E-state index contributed by atoms with van der Waals surface area (Å²) in [4.78, 5) is 23.9. The number of ether oxygens (including phenoxy) is 1. The molecule has 4 nitrogen and oxygen atoms in total. The first-order valence-electron chi connectivity index (χ1n) is 8.42. The van der Waals surface area contributed by atoms with Crippen LogP contribution < -0.4 is 5.32 Å². The SMILES string of the molecule is CC[C@@H](C)c1ccc(NC(=O)COC(=O)CSc2ccccc2F)cc1. The van der Waals surface area contributed by atoms with Gasteiger partial charge in [-0.3, -0.25) is 9.59 Å². The maximum absolute atomic E-state index is 13.5. The number of anilines is 1. The summed E-state index contributed by atoms with van der Waals surface area (Å²) in [6.07, 6.45) is 1.05. The second-order valence-electron chi connectivity index (χ2n) is 5.86. The van der Waals surface area contributed by atoms with Gasteiger partial charge in [-0.1, -0.05) is 38.1 Å². The van der Waals surface area contributed by atoms with E-state index < -0.39 is 11.9 Å². The summed E-state index contributed by atoms with van der Waals surface area (Å²) in [6, 6.07) is 13.8. The van der Waals surface area contributed by atoms with Crippen molar-refractivity contribution in [2.75, 3.05) is 17.7 Å². The lowest BCUT2D eigenvalue weighted by Gasteiger charge is -2.10. The van der Waals surface area contributed by atoms with Crippen LogP contribution in [0.4, 0.5) is 10.1 Å². The lowest BCUT2D eigenvalue weighted by Crippen LogP contribution is -2.21. The molecule has 0 spiro atoms. The Morgan fingerprint density at radius 3 is 2.50 bits per heavy atom. The molecular weight excluding hydrogens is 353 g/mol. The van der Waals surface area contributed by atoms with Gasteiger partial charge in [-0.05, 0) is 42.2 Å². The van der Waals surface area contributed by atoms with Crippen LogP contribution in [0.15, 0.2) is 53.4 Å². The summed E-state index contributed by atoms with van der Waals surface area (Å²) in [5.74, 6) is -0.958. The monoisotopic (exact) mass is 375 g/mol. The van der Waals surface area contributed by atoms with Crippen molar-refractivity contribution in [1.29, 1.82) is 0 Å². The second kappa shape index (κ2) is 9.97. The third kappa shape index (κ3) is 6.19. The number of carbonyl (C=O) groups excluding carboxylic acids is 2. The molecule has 1 amide bonds. The fraction of sp³-hybridized carbons (Fsp3) is 0.300. The Bertz CT molecular complexity index is 749. The zero-order valence-corrected chi connectivity index (χ0v) is 15.6. The van der Waals surface area contributed by atoms with Gasteiger partial charge in [0.25, 0.3) is 5.91 Å². The van der Waals surface area contributed by atoms with E-state index in [9.17, 15) is 14.0 Å². The third-order valence-corrected chi connectivity index (χ3v) is 4.94. The maximum Gasteiger partial charge on any atom is 0.316 e. The van der Waals surface area contributed by atoms with Gasteiger partial charge >= 0.3 is 5.97 Å². The Labute approximate surface area is 157 Å². The van der Waals surface area contributed by atoms with Crippen LogP contribution in [0.5, 0.6) is 0 Å². The van der Waals surface area contributed by atoms with Gasteiger partial charge in [0.15, 0.2) is 6.61 Å². The largest absolute Gasteiger partial charge is 0.455 e. The standard InChI is InChI=1S/C20H22FNO3S/c1-3-14(2)15-8-10-16(11-9-15)22-19(23)12-25-20(24)13-26-18-7-5-4-6-17(18)21/h4-11,14H,3,12-13H2,1-2H3,(H,22,23)/t14-/m1/s1. The summed E-state index contributed by atoms with van der Waals surface area (Å²) < 4.78 is 18.4. The number of hydrogen-bond acceptors (Lipinski definition) is 4. The van der Waals surface area contributed by atoms with Crippen molar-refractivity contribution in [3.63, 3.8) is 0 Å². The van der Waals surface area contributed by atoms with E-state index in [2.05, 4.69) is 19.2 Å². The fourth-order valence-electron chi connectivity index (χ4n) is 2.21. The normalized spacial score (nSPS) is 11.7. The number of benzene rings is 2. The van der Waals surface area contributed by atoms with Crippen molar-refractivity contribution in [3.8, 4) is 0 Å². The number of nitrogens with one attached hydrogen (secondary N) is 1. The van der Waals surface area contributed by atoms with E-state index in [4.69, 9.17) is 4.74 Å². The van der Waals surface area contributed by atoms with Crippen LogP contribution >= 0.6 is 11.8 Å². The third-order valence-electron chi connectivity index (χ3n) is 3.92. The molecule has 0 aliphatic carbocycles. The molecule has 0 aliphatic rings. The first kappa shape index (κ1) is 20.0. The molecule has 2 aromatic carbocycles. The van der Waals surface area contributed by atoms with Crippen LogP contribution in [0.1, 0.15) is 31.7 Å². The molecule has 0 unspecified atom stereocenters. The molecule has 2 rings (SSSR count). The van der Waals surface area contributed by atoms with Crippen molar-refractivity contribution in [2.45, 2.75) is 31.1 Å². The van der Waals surface area contributed by atoms with Crippen LogP contribution in [-0.4, -0.2) is 24.2 Å². The molecule has 1 atom stereocenters. The van der Waals surface area contributed by atoms with E-state index in [1.165, 1.54) is 11.6 Å². The average molecular weight is 375 g/mol. The molecule has 0 fully saturated rings. The van der Waals surface area contributed by atoms with Crippen molar-refractivity contribution in [3.05, 3.63) is 59.9 Å². The van der Waals surface area contributed by atoms with E-state index in [0.717, 1.165) is 18.2 Å². The van der Waals surface area contributed by atoms with Gasteiger partial charge in [-0.2, -0.15) is 0 Å². The summed E-state index contributed by atoms with van der Waals surface area (Å²) >= 11 is 1.04. The fourth-order valence-corrected chi connectivity index (χ4v) is 2.95. The molecular formula is C20H22FNO3S. The quantitative estimate of drug-likeness (QED) is 0.541. The smallest absolute Gasteiger partial charge is 0.316 e. The second-order valence-corrected chi connectivity index (χ2v) is 6.88. The van der Waals surface area contributed by atoms with E-state index in [-0.39, 0.29) is 18.2 Å². The van der Waals surface area contributed by atoms with Gasteiger partial charge in [0.2, 0.25) is 0 Å². The van der Waals surface area contributed by atoms with Crippen molar-refractivity contribution < 1.29 is 18.7 Å². The number of halogens is 1. The Morgan fingerprint density at radius 2 is 1.85 bits per heavy atom. The predicted octanol–water partition coefficient (Wildman–Crippen LogP) is 4.61. The van der Waals surface area contributed by atoms with E-state index in [1.54, 1.807) is 18.2 Å². The lowest BCUT2D eigenvalue weighted by molar-refractivity contribution is -0.144. The zero-order valence-electron chi connectivity index (χ0n) is 14.8. The minimum Gasteiger partial charge on any atom is -0.455 e. The van der Waals surface area contributed by atoms with Gasteiger partial charge in [-0.15, -0.1) is 11.8 Å². The van der Waals surface area contributed by atoms with Gasteiger partial charge in [0, 0.05) is 10.6 Å². The summed E-state index contributed by atoms with van der Waals surface area (Å²) in [5, 5.41) is 2.68. The van der Waals surface area contributed by atoms with Crippen molar-refractivity contribution in [1.82, 2.24) is 0 Å². The number of amides is 1. The van der Waals surface area contributed by atoms with E-state index in [1.807, 2.05) is 24.3 Å². The van der Waals surface area contributed by atoms with Crippen LogP contribution in [0.25, 0.3) is 0 Å². The minimum absolute atomic E-state index is 0.0577. The van der Waals surface area contributed by atoms with E-state index >= 15 is 0 Å².